The van der Waals surface area contributed by atoms with Crippen molar-refractivity contribution in [3.05, 3.63) is 29.8 Å². The molecule has 2 rings (SSSR count). The zero-order valence-electron chi connectivity index (χ0n) is 12.1. The van der Waals surface area contributed by atoms with Gasteiger partial charge in [0.2, 0.25) is 0 Å². The van der Waals surface area contributed by atoms with Crippen molar-refractivity contribution >= 4 is 11.5 Å². The van der Waals surface area contributed by atoms with Crippen LogP contribution >= 0.6 is 0 Å². The molecule has 1 fully saturated rings. The maximum absolute atomic E-state index is 8.69. The van der Waals surface area contributed by atoms with Gasteiger partial charge in [0.15, 0.2) is 5.84 Å². The Morgan fingerprint density at radius 1 is 1.45 bits per heavy atom. The highest BCUT2D eigenvalue weighted by Crippen LogP contribution is 2.36. The summed E-state index contributed by atoms with van der Waals surface area (Å²) in [7, 11) is 1.72. The molecule has 0 aliphatic heterocycles. The number of benzene rings is 1. The van der Waals surface area contributed by atoms with Crippen LogP contribution in [-0.2, 0) is 4.74 Å². The van der Waals surface area contributed by atoms with E-state index in [1.54, 1.807) is 7.11 Å². The molecule has 0 bridgehead atoms. The first kappa shape index (κ1) is 14.7. The van der Waals surface area contributed by atoms with Crippen LogP contribution in [0.1, 0.15) is 25.3 Å². The van der Waals surface area contributed by atoms with Gasteiger partial charge in [0.1, 0.15) is 0 Å². The van der Waals surface area contributed by atoms with Crippen LogP contribution in [-0.4, -0.2) is 37.3 Å². The van der Waals surface area contributed by atoms with Gasteiger partial charge < -0.3 is 20.6 Å². The van der Waals surface area contributed by atoms with Gasteiger partial charge in [-0.15, -0.1) is 0 Å². The molecule has 110 valence electrons. The summed E-state index contributed by atoms with van der Waals surface area (Å²) < 4.78 is 5.21. The third-order valence-corrected chi connectivity index (χ3v) is 3.93. The maximum Gasteiger partial charge on any atom is 0.170 e. The molecule has 1 aliphatic carbocycles. The van der Waals surface area contributed by atoms with Crippen LogP contribution in [0.4, 0.5) is 5.69 Å². The Kier molecular flexibility index (Phi) is 4.84. The molecule has 3 N–H and O–H groups in total. The van der Waals surface area contributed by atoms with E-state index in [-0.39, 0.29) is 5.84 Å². The van der Waals surface area contributed by atoms with Crippen molar-refractivity contribution in [2.45, 2.75) is 25.8 Å². The molecule has 1 aromatic carbocycles. The predicted molar refractivity (Wildman–Crippen MR) is 80.4 cm³/mol. The number of rotatable bonds is 7. The van der Waals surface area contributed by atoms with Crippen LogP contribution in [0.2, 0.25) is 0 Å². The minimum Gasteiger partial charge on any atom is -0.409 e. The number of amidine groups is 1. The zero-order chi connectivity index (χ0) is 14.5. The van der Waals surface area contributed by atoms with E-state index in [1.807, 2.05) is 24.3 Å². The molecular weight excluding hydrogens is 254 g/mol. The van der Waals surface area contributed by atoms with E-state index in [0.717, 1.165) is 23.7 Å². The van der Waals surface area contributed by atoms with Gasteiger partial charge in [-0.05, 0) is 49.9 Å². The lowest BCUT2D eigenvalue weighted by Gasteiger charge is -2.31. The Morgan fingerprint density at radius 2 is 2.10 bits per heavy atom. The molecule has 0 saturated heterocycles. The summed E-state index contributed by atoms with van der Waals surface area (Å²) >= 11 is 0. The highest BCUT2D eigenvalue weighted by molar-refractivity contribution is 5.97. The molecular formula is C15H23N3O2. The number of ether oxygens (including phenoxy) is 1. The summed E-state index contributed by atoms with van der Waals surface area (Å²) in [5.41, 5.74) is 7.46. The minimum absolute atomic E-state index is 0.134. The number of nitrogens with zero attached hydrogens (tertiary/aromatic N) is 2. The van der Waals surface area contributed by atoms with Crippen molar-refractivity contribution in [2.75, 3.05) is 25.2 Å². The van der Waals surface area contributed by atoms with Crippen molar-refractivity contribution in [3.63, 3.8) is 0 Å². The van der Waals surface area contributed by atoms with Gasteiger partial charge in [-0.1, -0.05) is 5.16 Å². The van der Waals surface area contributed by atoms with E-state index in [2.05, 4.69) is 17.0 Å². The second kappa shape index (κ2) is 6.61. The molecule has 0 radical (unpaired) electrons. The Balaban J connectivity index is 2.14. The quantitative estimate of drug-likeness (QED) is 0.346. The second-order valence-corrected chi connectivity index (χ2v) is 5.30. The van der Waals surface area contributed by atoms with Crippen molar-refractivity contribution in [3.8, 4) is 0 Å². The largest absolute Gasteiger partial charge is 0.409 e. The first-order valence-corrected chi connectivity index (χ1v) is 7.01. The first-order chi connectivity index (χ1) is 9.67. The van der Waals surface area contributed by atoms with Crippen molar-refractivity contribution in [1.29, 1.82) is 0 Å². The Bertz CT molecular complexity index is 455. The van der Waals surface area contributed by atoms with E-state index in [4.69, 9.17) is 15.7 Å². The van der Waals surface area contributed by atoms with Crippen LogP contribution < -0.4 is 10.6 Å². The molecule has 0 spiro atoms. The third kappa shape index (κ3) is 3.42. The molecule has 0 heterocycles. The SMILES string of the molecule is COCCN(c1ccc(C(N)=NO)cc1)C(C)C1CC1. The minimum atomic E-state index is 0.134. The van der Waals surface area contributed by atoms with Gasteiger partial charge in [-0.2, -0.15) is 0 Å². The average molecular weight is 277 g/mol. The summed E-state index contributed by atoms with van der Waals surface area (Å²) in [6, 6.07) is 8.30. The molecule has 1 aliphatic rings. The van der Waals surface area contributed by atoms with E-state index in [9.17, 15) is 0 Å². The van der Waals surface area contributed by atoms with Crippen LogP contribution in [0.15, 0.2) is 29.4 Å². The molecule has 20 heavy (non-hydrogen) atoms. The maximum atomic E-state index is 8.69. The second-order valence-electron chi connectivity index (χ2n) is 5.30. The van der Waals surface area contributed by atoms with Gasteiger partial charge in [0, 0.05) is 30.9 Å². The number of hydrogen-bond donors (Lipinski definition) is 2. The number of oxime groups is 1. The van der Waals surface area contributed by atoms with Crippen LogP contribution in [0, 0.1) is 5.92 Å². The molecule has 1 atom stereocenters. The van der Waals surface area contributed by atoms with Crippen molar-refractivity contribution in [1.82, 2.24) is 0 Å². The molecule has 0 amide bonds. The van der Waals surface area contributed by atoms with Crippen LogP contribution in [0.3, 0.4) is 0 Å². The van der Waals surface area contributed by atoms with Gasteiger partial charge in [0.05, 0.1) is 6.61 Å². The first-order valence-electron chi connectivity index (χ1n) is 7.01. The fourth-order valence-corrected chi connectivity index (χ4v) is 2.47. The van der Waals surface area contributed by atoms with Crippen LogP contribution in [0.25, 0.3) is 0 Å². The van der Waals surface area contributed by atoms with Gasteiger partial charge in [0.25, 0.3) is 0 Å². The summed E-state index contributed by atoms with van der Waals surface area (Å²) in [5.74, 6) is 0.922. The molecule has 5 heteroatoms. The molecule has 0 aromatic heterocycles. The Hall–Kier alpha value is -1.75. The number of nitrogens with two attached hydrogens (primary N) is 1. The fraction of sp³-hybridized carbons (Fsp3) is 0.533. The summed E-state index contributed by atoms with van der Waals surface area (Å²) in [5, 5.41) is 11.7. The lowest BCUT2D eigenvalue weighted by molar-refractivity contribution is 0.202. The van der Waals surface area contributed by atoms with Gasteiger partial charge >= 0.3 is 0 Å². The summed E-state index contributed by atoms with van der Waals surface area (Å²) in [4.78, 5) is 2.37. The highest BCUT2D eigenvalue weighted by atomic mass is 16.5. The lowest BCUT2D eigenvalue weighted by Crippen LogP contribution is -2.37. The number of anilines is 1. The smallest absolute Gasteiger partial charge is 0.170 e. The number of hydrogen-bond acceptors (Lipinski definition) is 4. The average Bonchev–Trinajstić information content (AvgIpc) is 3.32. The van der Waals surface area contributed by atoms with E-state index < -0.39 is 0 Å². The summed E-state index contributed by atoms with van der Waals surface area (Å²) in [6.45, 7) is 3.85. The third-order valence-electron chi connectivity index (χ3n) is 3.93. The zero-order valence-corrected chi connectivity index (χ0v) is 12.1. The Morgan fingerprint density at radius 3 is 2.60 bits per heavy atom. The summed E-state index contributed by atoms with van der Waals surface area (Å²) in [6.07, 6.45) is 2.62. The monoisotopic (exact) mass is 277 g/mol. The molecule has 1 unspecified atom stereocenters. The normalized spacial score (nSPS) is 17.0. The molecule has 5 nitrogen and oxygen atoms in total. The highest BCUT2D eigenvalue weighted by Gasteiger charge is 2.32. The number of methoxy groups -OCH3 is 1. The van der Waals surface area contributed by atoms with Crippen molar-refractivity contribution < 1.29 is 9.94 Å². The van der Waals surface area contributed by atoms with E-state index in [1.165, 1.54) is 12.8 Å². The lowest BCUT2D eigenvalue weighted by atomic mass is 10.1. The fourth-order valence-electron chi connectivity index (χ4n) is 2.47. The molecule has 1 saturated carbocycles. The van der Waals surface area contributed by atoms with E-state index >= 15 is 0 Å². The van der Waals surface area contributed by atoms with Gasteiger partial charge in [-0.3, -0.25) is 0 Å². The Labute approximate surface area is 120 Å². The van der Waals surface area contributed by atoms with Gasteiger partial charge in [-0.25, -0.2) is 0 Å². The van der Waals surface area contributed by atoms with Crippen molar-refractivity contribution in [2.24, 2.45) is 16.8 Å². The van der Waals surface area contributed by atoms with Crippen LogP contribution in [0.5, 0.6) is 0 Å². The predicted octanol–water partition coefficient (Wildman–Crippen LogP) is 2.03. The standard InChI is InChI=1S/C15H23N3O2/c1-11(12-3-4-12)18(9-10-20-2)14-7-5-13(6-8-14)15(16)17-19/h5-8,11-12,19H,3-4,9-10H2,1-2H3,(H2,16,17). The molecule has 1 aromatic rings. The van der Waals surface area contributed by atoms with E-state index in [0.29, 0.717) is 12.6 Å². The topological polar surface area (TPSA) is 71.1 Å².